The Bertz CT molecular complexity index is 739. The first-order valence-electron chi connectivity index (χ1n) is 8.17. The molecule has 0 aliphatic carbocycles. The van der Waals surface area contributed by atoms with Crippen molar-refractivity contribution in [3.63, 3.8) is 0 Å². The van der Waals surface area contributed by atoms with E-state index in [0.29, 0.717) is 18.8 Å². The fourth-order valence-corrected chi connectivity index (χ4v) is 3.65. The molecule has 1 fully saturated rings. The van der Waals surface area contributed by atoms with Crippen molar-refractivity contribution in [1.29, 1.82) is 0 Å². The van der Waals surface area contributed by atoms with Gasteiger partial charge in [0.05, 0.1) is 6.04 Å². The highest BCUT2D eigenvalue weighted by Gasteiger charge is 2.47. The number of urea groups is 1. The van der Waals surface area contributed by atoms with E-state index in [0.717, 1.165) is 11.1 Å². The SMILES string of the molecule is NC(=O)[C@H]1[C@H](CS)N(Cc2ccccc2)C(=O)N1Cc1ccccc1. The molecule has 0 aromatic heterocycles. The Morgan fingerprint density at radius 3 is 1.84 bits per heavy atom. The van der Waals surface area contributed by atoms with Crippen molar-refractivity contribution >= 4 is 24.6 Å². The Labute approximate surface area is 152 Å². The summed E-state index contributed by atoms with van der Waals surface area (Å²) in [7, 11) is 0. The summed E-state index contributed by atoms with van der Waals surface area (Å²) < 4.78 is 0. The summed E-state index contributed by atoms with van der Waals surface area (Å²) in [5.41, 5.74) is 7.60. The van der Waals surface area contributed by atoms with E-state index < -0.39 is 11.9 Å². The van der Waals surface area contributed by atoms with Crippen LogP contribution in [-0.4, -0.2) is 39.6 Å². The molecule has 5 nitrogen and oxygen atoms in total. The quantitative estimate of drug-likeness (QED) is 0.781. The number of hydrogen-bond donors (Lipinski definition) is 2. The summed E-state index contributed by atoms with van der Waals surface area (Å²) in [5, 5.41) is 0. The van der Waals surface area contributed by atoms with Crippen molar-refractivity contribution in [3.8, 4) is 0 Å². The lowest BCUT2D eigenvalue weighted by molar-refractivity contribution is -0.122. The number of carbonyl (C=O) groups excluding carboxylic acids is 2. The van der Waals surface area contributed by atoms with Gasteiger partial charge < -0.3 is 15.5 Å². The highest BCUT2D eigenvalue weighted by molar-refractivity contribution is 7.80. The number of rotatable bonds is 6. The van der Waals surface area contributed by atoms with Gasteiger partial charge in [0.25, 0.3) is 0 Å². The molecule has 6 heteroatoms. The van der Waals surface area contributed by atoms with Crippen molar-refractivity contribution in [2.45, 2.75) is 25.2 Å². The van der Waals surface area contributed by atoms with Gasteiger partial charge in [0.1, 0.15) is 6.04 Å². The highest BCUT2D eigenvalue weighted by Crippen LogP contribution is 2.28. The Morgan fingerprint density at radius 1 is 0.920 bits per heavy atom. The molecule has 0 unspecified atom stereocenters. The minimum atomic E-state index is -0.686. The van der Waals surface area contributed by atoms with Crippen LogP contribution in [0.3, 0.4) is 0 Å². The Balaban J connectivity index is 1.89. The average Bonchev–Trinajstić information content (AvgIpc) is 2.89. The summed E-state index contributed by atoms with van der Waals surface area (Å²) in [6, 6.07) is 18.1. The van der Waals surface area contributed by atoms with Gasteiger partial charge in [0.15, 0.2) is 0 Å². The molecule has 3 rings (SSSR count). The molecule has 130 valence electrons. The number of hydrogen-bond acceptors (Lipinski definition) is 3. The predicted octanol–water partition coefficient (Wildman–Crippen LogP) is 2.28. The molecule has 0 spiro atoms. The normalized spacial score (nSPS) is 20.1. The van der Waals surface area contributed by atoms with Gasteiger partial charge >= 0.3 is 6.03 Å². The third-order valence-corrected chi connectivity index (χ3v) is 4.84. The molecule has 25 heavy (non-hydrogen) atoms. The van der Waals surface area contributed by atoms with Crippen LogP contribution in [0.2, 0.25) is 0 Å². The van der Waals surface area contributed by atoms with Crippen LogP contribution in [0.25, 0.3) is 0 Å². The zero-order chi connectivity index (χ0) is 17.8. The van der Waals surface area contributed by atoms with Crippen LogP contribution in [0, 0.1) is 0 Å². The molecular formula is C19H21N3O2S. The average molecular weight is 355 g/mol. The van der Waals surface area contributed by atoms with E-state index in [-0.39, 0.29) is 12.1 Å². The lowest BCUT2D eigenvalue weighted by Crippen LogP contribution is -2.47. The van der Waals surface area contributed by atoms with Crippen molar-refractivity contribution < 1.29 is 9.59 Å². The lowest BCUT2D eigenvalue weighted by atomic mass is 10.1. The van der Waals surface area contributed by atoms with Crippen LogP contribution in [0.15, 0.2) is 60.7 Å². The first-order valence-corrected chi connectivity index (χ1v) is 8.80. The van der Waals surface area contributed by atoms with Gasteiger partial charge in [0.2, 0.25) is 5.91 Å². The maximum absolute atomic E-state index is 13.0. The molecule has 2 aromatic carbocycles. The van der Waals surface area contributed by atoms with Gasteiger partial charge in [-0.1, -0.05) is 60.7 Å². The summed E-state index contributed by atoms with van der Waals surface area (Å²) in [6.07, 6.45) is 0. The molecule has 1 aliphatic rings. The first-order chi connectivity index (χ1) is 12.1. The van der Waals surface area contributed by atoms with Gasteiger partial charge in [-0.3, -0.25) is 4.79 Å². The molecule has 0 radical (unpaired) electrons. The monoisotopic (exact) mass is 355 g/mol. The largest absolute Gasteiger partial charge is 0.368 e. The number of amides is 3. The van der Waals surface area contributed by atoms with Gasteiger partial charge in [0, 0.05) is 18.8 Å². The van der Waals surface area contributed by atoms with Gasteiger partial charge in [-0.05, 0) is 11.1 Å². The predicted molar refractivity (Wildman–Crippen MR) is 100.0 cm³/mol. The molecule has 1 saturated heterocycles. The number of nitrogens with zero attached hydrogens (tertiary/aromatic N) is 2. The maximum atomic E-state index is 13.0. The van der Waals surface area contributed by atoms with Gasteiger partial charge in [-0.15, -0.1) is 0 Å². The molecule has 2 atom stereocenters. The second-order valence-electron chi connectivity index (χ2n) is 6.11. The number of thiol groups is 1. The third kappa shape index (κ3) is 3.64. The molecule has 1 heterocycles. The molecule has 2 aromatic rings. The minimum absolute atomic E-state index is 0.185. The summed E-state index contributed by atoms with van der Waals surface area (Å²) in [4.78, 5) is 28.3. The van der Waals surface area contributed by atoms with E-state index in [9.17, 15) is 9.59 Å². The van der Waals surface area contributed by atoms with Gasteiger partial charge in [-0.2, -0.15) is 12.6 Å². The van der Waals surface area contributed by atoms with Crippen LogP contribution in [-0.2, 0) is 17.9 Å². The van der Waals surface area contributed by atoms with E-state index in [1.165, 1.54) is 0 Å². The zero-order valence-electron chi connectivity index (χ0n) is 13.8. The van der Waals surface area contributed by atoms with Crippen LogP contribution < -0.4 is 5.73 Å². The molecule has 2 N–H and O–H groups in total. The van der Waals surface area contributed by atoms with E-state index in [2.05, 4.69) is 12.6 Å². The second kappa shape index (κ2) is 7.61. The van der Waals surface area contributed by atoms with E-state index in [4.69, 9.17) is 5.73 Å². The summed E-state index contributed by atoms with van der Waals surface area (Å²) >= 11 is 4.37. The van der Waals surface area contributed by atoms with E-state index in [1.54, 1.807) is 9.80 Å². The number of primary amides is 1. The fourth-order valence-electron chi connectivity index (χ4n) is 3.26. The van der Waals surface area contributed by atoms with E-state index >= 15 is 0 Å². The number of nitrogens with two attached hydrogens (primary N) is 1. The zero-order valence-corrected chi connectivity index (χ0v) is 14.7. The number of benzene rings is 2. The van der Waals surface area contributed by atoms with Crippen LogP contribution in [0.5, 0.6) is 0 Å². The minimum Gasteiger partial charge on any atom is -0.368 e. The molecule has 1 aliphatic heterocycles. The maximum Gasteiger partial charge on any atom is 0.321 e. The summed E-state index contributed by atoms with van der Waals surface area (Å²) in [6.45, 7) is 0.781. The highest BCUT2D eigenvalue weighted by atomic mass is 32.1. The van der Waals surface area contributed by atoms with E-state index in [1.807, 2.05) is 60.7 Å². The van der Waals surface area contributed by atoms with Crippen molar-refractivity contribution in [3.05, 3.63) is 71.8 Å². The molecule has 0 saturated carbocycles. The molecular weight excluding hydrogens is 334 g/mol. The topological polar surface area (TPSA) is 66.6 Å². The molecule has 0 bridgehead atoms. The Kier molecular flexibility index (Phi) is 5.28. The van der Waals surface area contributed by atoms with Crippen molar-refractivity contribution in [1.82, 2.24) is 9.80 Å². The lowest BCUT2D eigenvalue weighted by Gasteiger charge is -2.24. The smallest absolute Gasteiger partial charge is 0.321 e. The number of carbonyl (C=O) groups is 2. The fraction of sp³-hybridized carbons (Fsp3) is 0.263. The van der Waals surface area contributed by atoms with Crippen LogP contribution in [0.4, 0.5) is 4.79 Å². The van der Waals surface area contributed by atoms with Crippen LogP contribution in [0.1, 0.15) is 11.1 Å². The summed E-state index contributed by atoms with van der Waals surface area (Å²) in [5.74, 6) is -0.129. The Morgan fingerprint density at radius 2 is 1.40 bits per heavy atom. The van der Waals surface area contributed by atoms with Gasteiger partial charge in [-0.25, -0.2) is 4.79 Å². The van der Waals surface area contributed by atoms with Crippen LogP contribution >= 0.6 is 12.6 Å². The Hall–Kier alpha value is -2.47. The van der Waals surface area contributed by atoms with Crippen molar-refractivity contribution in [2.75, 3.05) is 5.75 Å². The standard InChI is InChI=1S/C19H21N3O2S/c20-18(23)17-16(13-25)21(11-14-7-3-1-4-8-14)19(24)22(17)12-15-9-5-2-6-10-15/h1-10,16-17,25H,11-13H2,(H2,20,23)/t16-,17+/m0/s1. The second-order valence-corrected chi connectivity index (χ2v) is 6.47. The van der Waals surface area contributed by atoms with Crippen molar-refractivity contribution in [2.24, 2.45) is 5.73 Å². The third-order valence-electron chi connectivity index (χ3n) is 4.46. The first kappa shape index (κ1) is 17.4. The molecule has 3 amide bonds.